The number of carbonyl (C=O) groups is 1. The van der Waals surface area contributed by atoms with Crippen molar-refractivity contribution in [2.45, 2.75) is 5.22 Å². The molecular weight excluding hydrogens is 454 g/mol. The molecule has 32 heavy (non-hydrogen) atoms. The van der Waals surface area contributed by atoms with E-state index in [1.165, 1.54) is 18.0 Å². The number of hydrogen-bond donors (Lipinski definition) is 0. The van der Waals surface area contributed by atoms with Gasteiger partial charge in [0.1, 0.15) is 11.6 Å². The van der Waals surface area contributed by atoms with Gasteiger partial charge in [-0.3, -0.25) is 4.79 Å². The van der Waals surface area contributed by atoms with Crippen LogP contribution in [0.2, 0.25) is 5.02 Å². The molecule has 1 aliphatic heterocycles. The fourth-order valence-corrected chi connectivity index (χ4v) is 4.33. The number of thioether (sulfide) groups is 1. The van der Waals surface area contributed by atoms with Gasteiger partial charge in [-0.05, 0) is 30.3 Å². The van der Waals surface area contributed by atoms with Crippen molar-refractivity contribution >= 4 is 46.3 Å². The van der Waals surface area contributed by atoms with Crippen molar-refractivity contribution < 1.29 is 18.0 Å². The van der Waals surface area contributed by atoms with E-state index in [0.717, 1.165) is 0 Å². The van der Waals surface area contributed by atoms with Crippen molar-refractivity contribution in [2.75, 3.05) is 36.8 Å². The first-order valence-electron chi connectivity index (χ1n) is 9.77. The van der Waals surface area contributed by atoms with E-state index < -0.39 is 0 Å². The average Bonchev–Trinajstić information content (AvgIpc) is 3.56. The van der Waals surface area contributed by atoms with Crippen LogP contribution < -0.4 is 4.90 Å². The number of nitrogens with zero attached hydrogens (tertiary/aromatic N) is 5. The number of piperazine rings is 1. The van der Waals surface area contributed by atoms with Crippen molar-refractivity contribution in [2.24, 2.45) is 0 Å². The number of rotatable bonds is 5. The number of nitriles is 1. The Morgan fingerprint density at radius 3 is 2.78 bits per heavy atom. The van der Waals surface area contributed by atoms with Crippen LogP contribution in [0, 0.1) is 11.3 Å². The highest BCUT2D eigenvalue weighted by molar-refractivity contribution is 7.99. The standard InChI is InChI=1S/C21H16ClN5O4S/c22-13-3-4-16-14(10-13)25-21(30-16)32-12-18(28)26-5-7-27(8-6-26)20-15(11-23)24-19(31-20)17-2-1-9-29-17/h1-4,9-10H,5-8,12H2. The molecule has 9 nitrogen and oxygen atoms in total. The summed E-state index contributed by atoms with van der Waals surface area (Å²) in [7, 11) is 0. The number of aromatic nitrogens is 2. The molecule has 3 aromatic heterocycles. The topological polar surface area (TPSA) is 113 Å². The Morgan fingerprint density at radius 1 is 1.19 bits per heavy atom. The summed E-state index contributed by atoms with van der Waals surface area (Å²) < 4.78 is 16.7. The second-order valence-electron chi connectivity index (χ2n) is 7.01. The van der Waals surface area contributed by atoms with Crippen LogP contribution in [0.3, 0.4) is 0 Å². The van der Waals surface area contributed by atoms with Gasteiger partial charge in [-0.15, -0.1) is 0 Å². The molecule has 4 heterocycles. The third-order valence-corrected chi connectivity index (χ3v) is 6.06. The highest BCUT2D eigenvalue weighted by atomic mass is 35.5. The summed E-state index contributed by atoms with van der Waals surface area (Å²) >= 11 is 7.22. The minimum absolute atomic E-state index is 0.00992. The minimum Gasteiger partial charge on any atom is -0.459 e. The van der Waals surface area contributed by atoms with E-state index in [0.29, 0.717) is 59.2 Å². The second kappa shape index (κ2) is 8.61. The summed E-state index contributed by atoms with van der Waals surface area (Å²) in [5.41, 5.74) is 1.49. The molecule has 4 aromatic rings. The Bertz CT molecular complexity index is 1300. The molecule has 5 rings (SSSR count). The molecule has 1 fully saturated rings. The number of furan rings is 1. The van der Waals surface area contributed by atoms with Crippen molar-refractivity contribution in [3.8, 4) is 17.7 Å². The zero-order valence-corrected chi connectivity index (χ0v) is 18.2. The molecule has 0 aliphatic carbocycles. The highest BCUT2D eigenvalue weighted by Crippen LogP contribution is 2.29. The predicted molar refractivity (Wildman–Crippen MR) is 117 cm³/mol. The quantitative estimate of drug-likeness (QED) is 0.399. The van der Waals surface area contributed by atoms with Gasteiger partial charge in [-0.2, -0.15) is 10.2 Å². The van der Waals surface area contributed by atoms with Crippen molar-refractivity contribution in [3.63, 3.8) is 0 Å². The first-order valence-corrected chi connectivity index (χ1v) is 11.1. The smallest absolute Gasteiger partial charge is 0.266 e. The fraction of sp³-hybridized carbons (Fsp3) is 0.238. The Hall–Kier alpha value is -3.42. The van der Waals surface area contributed by atoms with Gasteiger partial charge < -0.3 is 23.1 Å². The van der Waals surface area contributed by atoms with E-state index in [1.807, 2.05) is 4.90 Å². The molecule has 11 heteroatoms. The number of oxazole rings is 2. The maximum Gasteiger partial charge on any atom is 0.266 e. The van der Waals surface area contributed by atoms with Gasteiger partial charge in [0.05, 0.1) is 12.0 Å². The van der Waals surface area contributed by atoms with Crippen LogP contribution in [0.25, 0.3) is 22.8 Å². The first kappa shape index (κ1) is 20.5. The van der Waals surface area contributed by atoms with Gasteiger partial charge >= 0.3 is 0 Å². The van der Waals surface area contributed by atoms with Gasteiger partial charge in [-0.1, -0.05) is 23.4 Å². The molecule has 0 bridgehead atoms. The molecule has 0 atom stereocenters. The third kappa shape index (κ3) is 4.04. The molecule has 0 unspecified atom stereocenters. The SMILES string of the molecule is N#Cc1nc(-c2ccco2)oc1N1CCN(C(=O)CSc2nc3cc(Cl)ccc3o2)CC1. The molecule has 1 aromatic carbocycles. The summed E-state index contributed by atoms with van der Waals surface area (Å²) in [6.07, 6.45) is 1.52. The van der Waals surface area contributed by atoms with E-state index in [-0.39, 0.29) is 23.2 Å². The molecule has 0 N–H and O–H groups in total. The van der Waals surface area contributed by atoms with Gasteiger partial charge in [-0.25, -0.2) is 4.98 Å². The van der Waals surface area contributed by atoms with Crippen LogP contribution in [0.4, 0.5) is 5.88 Å². The van der Waals surface area contributed by atoms with Crippen molar-refractivity contribution in [3.05, 3.63) is 47.3 Å². The molecule has 0 saturated carbocycles. The summed E-state index contributed by atoms with van der Waals surface area (Å²) in [6, 6.07) is 10.7. The summed E-state index contributed by atoms with van der Waals surface area (Å²) in [5, 5.41) is 10.4. The van der Waals surface area contributed by atoms with Crippen molar-refractivity contribution in [1.29, 1.82) is 5.26 Å². The van der Waals surface area contributed by atoms with Crippen molar-refractivity contribution in [1.82, 2.24) is 14.9 Å². The number of amides is 1. The molecule has 1 aliphatic rings. The average molecular weight is 470 g/mol. The minimum atomic E-state index is -0.00992. The summed E-state index contributed by atoms with van der Waals surface area (Å²) in [6.45, 7) is 2.06. The molecule has 0 radical (unpaired) electrons. The lowest BCUT2D eigenvalue weighted by atomic mass is 10.3. The number of anilines is 1. The Morgan fingerprint density at radius 2 is 2.03 bits per heavy atom. The fourth-order valence-electron chi connectivity index (χ4n) is 3.42. The maximum absolute atomic E-state index is 12.7. The van der Waals surface area contributed by atoms with E-state index >= 15 is 0 Å². The van der Waals surface area contributed by atoms with E-state index in [9.17, 15) is 10.1 Å². The lowest BCUT2D eigenvalue weighted by Gasteiger charge is -2.34. The first-order chi connectivity index (χ1) is 15.6. The largest absolute Gasteiger partial charge is 0.459 e. The molecule has 1 amide bonds. The van der Waals surface area contributed by atoms with E-state index in [4.69, 9.17) is 24.9 Å². The van der Waals surface area contributed by atoms with Crippen LogP contribution in [-0.2, 0) is 4.79 Å². The zero-order chi connectivity index (χ0) is 22.1. The lowest BCUT2D eigenvalue weighted by molar-refractivity contribution is -0.128. The number of benzene rings is 1. The predicted octanol–water partition coefficient (Wildman–Crippen LogP) is 4.04. The number of carbonyl (C=O) groups excluding carboxylic acids is 1. The summed E-state index contributed by atoms with van der Waals surface area (Å²) in [4.78, 5) is 24.9. The van der Waals surface area contributed by atoms with Crippen LogP contribution >= 0.6 is 23.4 Å². The molecular formula is C21H16ClN5O4S. The van der Waals surface area contributed by atoms with Crippen LogP contribution in [-0.4, -0.2) is 52.7 Å². The Labute approximate surface area is 191 Å². The second-order valence-corrected chi connectivity index (χ2v) is 8.37. The van der Waals surface area contributed by atoms with Crippen LogP contribution in [0.5, 0.6) is 0 Å². The molecule has 1 saturated heterocycles. The summed E-state index contributed by atoms with van der Waals surface area (Å²) in [5.74, 6) is 1.32. The molecule has 0 spiro atoms. The van der Waals surface area contributed by atoms with E-state index in [1.54, 1.807) is 35.2 Å². The Kier molecular flexibility index (Phi) is 5.51. The zero-order valence-electron chi connectivity index (χ0n) is 16.7. The van der Waals surface area contributed by atoms with Gasteiger partial charge in [0, 0.05) is 31.2 Å². The van der Waals surface area contributed by atoms with Gasteiger partial charge in [0.2, 0.25) is 17.5 Å². The number of hydrogen-bond acceptors (Lipinski definition) is 9. The number of fused-ring (bicyclic) bond motifs is 1. The van der Waals surface area contributed by atoms with Crippen LogP contribution in [0.15, 0.2) is 55.1 Å². The normalized spacial score (nSPS) is 14.1. The van der Waals surface area contributed by atoms with E-state index in [2.05, 4.69) is 16.0 Å². The highest BCUT2D eigenvalue weighted by Gasteiger charge is 2.27. The van der Waals surface area contributed by atoms with Crippen LogP contribution in [0.1, 0.15) is 5.69 Å². The van der Waals surface area contributed by atoms with Gasteiger partial charge in [0.25, 0.3) is 11.1 Å². The monoisotopic (exact) mass is 469 g/mol. The lowest BCUT2D eigenvalue weighted by Crippen LogP contribution is -2.49. The third-order valence-electron chi connectivity index (χ3n) is 5.02. The number of halogens is 1. The van der Waals surface area contributed by atoms with Gasteiger partial charge in [0.15, 0.2) is 11.3 Å². The maximum atomic E-state index is 12.7. The molecule has 162 valence electrons. The Balaban J connectivity index is 1.19.